The molecule has 4 nitrogen and oxygen atoms in total. The summed E-state index contributed by atoms with van der Waals surface area (Å²) in [7, 11) is 0. The fourth-order valence-corrected chi connectivity index (χ4v) is 2.05. The minimum atomic E-state index is -1.43. The van der Waals surface area contributed by atoms with E-state index >= 15 is 0 Å². The lowest BCUT2D eigenvalue weighted by molar-refractivity contribution is -0.173. The number of hydrogen-bond acceptors (Lipinski definition) is 3. The number of carbonyl (C=O) groups excluding carboxylic acids is 1. The van der Waals surface area contributed by atoms with Gasteiger partial charge in [-0.25, -0.2) is 0 Å². The topological polar surface area (TPSA) is 60.8 Å². The second kappa shape index (κ2) is 2.56. The molecular weight excluding hydrogens is 170 g/mol. The summed E-state index contributed by atoms with van der Waals surface area (Å²) in [5, 5.41) is 19.6. The fraction of sp³-hybridized carbons (Fsp3) is 0.667. The molecule has 0 aliphatic carbocycles. The first-order chi connectivity index (χ1) is 6.05. The number of nitrogens with zero attached hydrogens (tertiary/aromatic N) is 1. The Morgan fingerprint density at radius 1 is 1.69 bits per heavy atom. The quantitative estimate of drug-likeness (QED) is 0.538. The van der Waals surface area contributed by atoms with Crippen LogP contribution in [-0.2, 0) is 4.79 Å². The molecular formula is C9H13NO3. The molecule has 72 valence electrons. The Morgan fingerprint density at radius 2 is 2.38 bits per heavy atom. The van der Waals surface area contributed by atoms with E-state index in [1.54, 1.807) is 6.92 Å². The Balaban J connectivity index is 2.38. The number of aliphatic hydroxyl groups excluding tert-OH is 1. The van der Waals surface area contributed by atoms with E-state index in [4.69, 9.17) is 0 Å². The minimum Gasteiger partial charge on any atom is -0.388 e. The monoisotopic (exact) mass is 183 g/mol. The lowest BCUT2D eigenvalue weighted by Crippen LogP contribution is -2.57. The van der Waals surface area contributed by atoms with Crippen molar-refractivity contribution in [1.82, 2.24) is 4.90 Å². The van der Waals surface area contributed by atoms with Gasteiger partial charge in [-0.05, 0) is 25.8 Å². The van der Waals surface area contributed by atoms with Crippen molar-refractivity contribution in [3.05, 3.63) is 11.6 Å². The van der Waals surface area contributed by atoms with Gasteiger partial charge in [0, 0.05) is 12.1 Å². The number of hydrogen-bond donors (Lipinski definition) is 2. The van der Waals surface area contributed by atoms with E-state index in [2.05, 4.69) is 0 Å². The van der Waals surface area contributed by atoms with Crippen LogP contribution in [0.5, 0.6) is 0 Å². The molecule has 1 amide bonds. The summed E-state index contributed by atoms with van der Waals surface area (Å²) in [6.45, 7) is 2.19. The fourth-order valence-electron chi connectivity index (χ4n) is 2.05. The van der Waals surface area contributed by atoms with Crippen LogP contribution >= 0.6 is 0 Å². The zero-order valence-electron chi connectivity index (χ0n) is 7.53. The van der Waals surface area contributed by atoms with Gasteiger partial charge in [-0.3, -0.25) is 4.79 Å². The van der Waals surface area contributed by atoms with E-state index < -0.39 is 11.8 Å². The third kappa shape index (κ3) is 1.02. The molecule has 13 heavy (non-hydrogen) atoms. The largest absolute Gasteiger partial charge is 0.388 e. The Morgan fingerprint density at radius 3 is 3.00 bits per heavy atom. The van der Waals surface area contributed by atoms with E-state index in [1.807, 2.05) is 0 Å². The summed E-state index contributed by atoms with van der Waals surface area (Å²) in [6, 6.07) is 0. The predicted molar refractivity (Wildman–Crippen MR) is 45.7 cm³/mol. The normalized spacial score (nSPS) is 39.0. The maximum Gasteiger partial charge on any atom is 0.251 e. The van der Waals surface area contributed by atoms with Gasteiger partial charge in [-0.15, -0.1) is 0 Å². The Labute approximate surface area is 76.5 Å². The van der Waals surface area contributed by atoms with Gasteiger partial charge in [0.1, 0.15) is 6.10 Å². The molecule has 0 aromatic rings. The van der Waals surface area contributed by atoms with Crippen LogP contribution in [0.25, 0.3) is 0 Å². The molecule has 0 aromatic heterocycles. The Bertz CT molecular complexity index is 287. The van der Waals surface area contributed by atoms with Crippen molar-refractivity contribution in [1.29, 1.82) is 0 Å². The number of rotatable bonds is 0. The zero-order valence-corrected chi connectivity index (χ0v) is 7.53. The lowest BCUT2D eigenvalue weighted by atomic mass is 9.97. The van der Waals surface area contributed by atoms with Crippen LogP contribution in [0.4, 0.5) is 0 Å². The van der Waals surface area contributed by atoms with Crippen LogP contribution in [0.15, 0.2) is 11.6 Å². The highest BCUT2D eigenvalue weighted by Gasteiger charge is 2.49. The molecule has 2 heterocycles. The first kappa shape index (κ1) is 8.72. The molecule has 0 radical (unpaired) electrons. The Hall–Kier alpha value is -0.870. The highest BCUT2D eigenvalue weighted by Crippen LogP contribution is 2.34. The Kier molecular flexibility index (Phi) is 1.72. The van der Waals surface area contributed by atoms with Crippen molar-refractivity contribution in [3.63, 3.8) is 0 Å². The van der Waals surface area contributed by atoms with Gasteiger partial charge in [-0.1, -0.05) is 0 Å². The smallest absolute Gasteiger partial charge is 0.251 e. The van der Waals surface area contributed by atoms with Crippen molar-refractivity contribution in [2.24, 2.45) is 0 Å². The number of amides is 1. The number of fused-ring (bicyclic) bond motifs is 1. The average molecular weight is 183 g/mol. The van der Waals surface area contributed by atoms with Crippen molar-refractivity contribution < 1.29 is 15.0 Å². The van der Waals surface area contributed by atoms with Crippen molar-refractivity contribution in [2.75, 3.05) is 6.54 Å². The van der Waals surface area contributed by atoms with Crippen molar-refractivity contribution in [2.45, 2.75) is 31.6 Å². The molecule has 1 fully saturated rings. The van der Waals surface area contributed by atoms with E-state index in [0.29, 0.717) is 18.5 Å². The lowest BCUT2D eigenvalue weighted by Gasteiger charge is -2.40. The van der Waals surface area contributed by atoms with Gasteiger partial charge in [0.2, 0.25) is 0 Å². The van der Waals surface area contributed by atoms with Crippen molar-refractivity contribution in [3.8, 4) is 0 Å². The van der Waals surface area contributed by atoms with E-state index in [0.717, 1.165) is 6.42 Å². The zero-order chi connectivity index (χ0) is 9.64. The molecule has 0 unspecified atom stereocenters. The van der Waals surface area contributed by atoms with Crippen LogP contribution in [0.2, 0.25) is 0 Å². The maximum absolute atomic E-state index is 11.5. The molecule has 2 aliphatic heterocycles. The third-order valence-corrected chi connectivity index (χ3v) is 2.79. The maximum atomic E-state index is 11.5. The molecule has 2 rings (SSSR count). The van der Waals surface area contributed by atoms with Crippen LogP contribution in [0, 0.1) is 0 Å². The van der Waals surface area contributed by atoms with Crippen LogP contribution in [0.3, 0.4) is 0 Å². The number of aliphatic hydroxyl groups is 2. The van der Waals surface area contributed by atoms with Crippen LogP contribution < -0.4 is 0 Å². The van der Waals surface area contributed by atoms with E-state index in [9.17, 15) is 15.0 Å². The van der Waals surface area contributed by atoms with E-state index in [1.165, 1.54) is 11.0 Å². The highest BCUT2D eigenvalue weighted by atomic mass is 16.4. The molecule has 1 saturated heterocycles. The SMILES string of the molecule is CC1=C[C@]2(O)[C@H](O)CCCN2C1=O. The summed E-state index contributed by atoms with van der Waals surface area (Å²) in [5.41, 5.74) is -0.914. The molecule has 2 aliphatic rings. The summed E-state index contributed by atoms with van der Waals surface area (Å²) in [4.78, 5) is 12.8. The van der Waals surface area contributed by atoms with E-state index in [-0.39, 0.29) is 5.91 Å². The van der Waals surface area contributed by atoms with Gasteiger partial charge in [0.15, 0.2) is 5.72 Å². The first-order valence-electron chi connectivity index (χ1n) is 4.47. The number of carbonyl (C=O) groups is 1. The second-order valence-electron chi connectivity index (χ2n) is 3.73. The molecule has 0 bridgehead atoms. The minimum absolute atomic E-state index is 0.166. The summed E-state index contributed by atoms with van der Waals surface area (Å²) < 4.78 is 0. The molecule has 0 saturated carbocycles. The standard InChI is InChI=1S/C9H13NO3/c1-6-5-9(13)7(11)3-2-4-10(9)8(6)12/h5,7,11,13H,2-4H2,1H3/t7-,9+/m1/s1. The molecule has 2 N–H and O–H groups in total. The van der Waals surface area contributed by atoms with Crippen LogP contribution in [0.1, 0.15) is 19.8 Å². The average Bonchev–Trinajstić information content (AvgIpc) is 2.29. The van der Waals surface area contributed by atoms with Crippen molar-refractivity contribution >= 4 is 5.91 Å². The van der Waals surface area contributed by atoms with Gasteiger partial charge in [0.05, 0.1) is 0 Å². The molecule has 0 aromatic carbocycles. The predicted octanol–water partition coefficient (Wildman–Crippen LogP) is -0.382. The third-order valence-electron chi connectivity index (χ3n) is 2.79. The second-order valence-corrected chi connectivity index (χ2v) is 3.73. The summed E-state index contributed by atoms with van der Waals surface area (Å²) in [5.74, 6) is -0.166. The van der Waals surface area contributed by atoms with Gasteiger partial charge < -0.3 is 15.1 Å². The van der Waals surface area contributed by atoms with Crippen LogP contribution in [-0.4, -0.2) is 39.4 Å². The summed E-state index contributed by atoms with van der Waals surface area (Å²) >= 11 is 0. The van der Waals surface area contributed by atoms with Gasteiger partial charge in [-0.2, -0.15) is 0 Å². The first-order valence-corrected chi connectivity index (χ1v) is 4.47. The summed E-state index contributed by atoms with van der Waals surface area (Å²) in [6.07, 6.45) is 1.90. The molecule has 2 atom stereocenters. The van der Waals surface area contributed by atoms with Gasteiger partial charge >= 0.3 is 0 Å². The highest BCUT2D eigenvalue weighted by molar-refractivity contribution is 5.96. The number of piperidine rings is 1. The molecule has 4 heteroatoms. The van der Waals surface area contributed by atoms with Gasteiger partial charge in [0.25, 0.3) is 5.91 Å². The molecule has 0 spiro atoms.